The number of piperidine rings is 2. The van der Waals surface area contributed by atoms with Crippen LogP contribution in [-0.2, 0) is 13.0 Å². The average molecular weight is 321 g/mol. The largest absolute Gasteiger partial charge is 0.335 e. The Balaban J connectivity index is 1.45. The highest BCUT2D eigenvalue weighted by atomic mass is 32.1. The molecule has 2 atom stereocenters. The van der Waals surface area contributed by atoms with Crippen molar-refractivity contribution >= 4 is 17.4 Å². The summed E-state index contributed by atoms with van der Waals surface area (Å²) in [7, 11) is 2.24. The van der Waals surface area contributed by atoms with Crippen molar-refractivity contribution in [2.45, 2.75) is 70.1 Å². The first-order chi connectivity index (χ1) is 10.7. The second-order valence-electron chi connectivity index (χ2n) is 6.62. The van der Waals surface area contributed by atoms with Crippen LogP contribution >= 0.6 is 11.3 Å². The van der Waals surface area contributed by atoms with Gasteiger partial charge in [-0.3, -0.25) is 0 Å². The van der Waals surface area contributed by atoms with Gasteiger partial charge < -0.3 is 15.5 Å². The molecule has 4 nitrogen and oxygen atoms in total. The number of carbonyl (C=O) groups excluding carboxylic acids is 1. The quantitative estimate of drug-likeness (QED) is 0.895. The van der Waals surface area contributed by atoms with E-state index in [9.17, 15) is 4.79 Å². The summed E-state index contributed by atoms with van der Waals surface area (Å²) in [5.41, 5.74) is 0. The number of hydrogen-bond acceptors (Lipinski definition) is 3. The fourth-order valence-corrected chi connectivity index (χ4v) is 4.74. The Morgan fingerprint density at radius 1 is 1.27 bits per heavy atom. The van der Waals surface area contributed by atoms with Crippen LogP contribution in [0.2, 0.25) is 0 Å². The van der Waals surface area contributed by atoms with E-state index in [1.165, 1.54) is 29.0 Å². The molecule has 3 rings (SSSR count). The van der Waals surface area contributed by atoms with E-state index < -0.39 is 0 Å². The molecule has 2 aliphatic heterocycles. The molecule has 2 fully saturated rings. The van der Waals surface area contributed by atoms with E-state index >= 15 is 0 Å². The maximum Gasteiger partial charge on any atom is 0.315 e. The van der Waals surface area contributed by atoms with Gasteiger partial charge in [-0.2, -0.15) is 0 Å². The molecule has 1 aromatic rings. The summed E-state index contributed by atoms with van der Waals surface area (Å²) >= 11 is 1.79. The van der Waals surface area contributed by atoms with Gasteiger partial charge in [0.05, 0.1) is 6.54 Å². The van der Waals surface area contributed by atoms with Gasteiger partial charge in [0, 0.05) is 27.9 Å². The summed E-state index contributed by atoms with van der Waals surface area (Å²) in [6.45, 7) is 2.79. The van der Waals surface area contributed by atoms with Crippen LogP contribution < -0.4 is 10.6 Å². The van der Waals surface area contributed by atoms with Crippen LogP contribution in [0.25, 0.3) is 0 Å². The maximum absolute atomic E-state index is 12.1. The molecule has 2 bridgehead atoms. The summed E-state index contributed by atoms with van der Waals surface area (Å²) < 4.78 is 0. The predicted octanol–water partition coefficient (Wildman–Crippen LogP) is 3.13. The van der Waals surface area contributed by atoms with Crippen LogP contribution in [0.5, 0.6) is 0 Å². The third-order valence-corrected chi connectivity index (χ3v) is 6.39. The molecular weight excluding hydrogens is 294 g/mol. The van der Waals surface area contributed by atoms with Crippen LogP contribution in [0.15, 0.2) is 12.1 Å². The maximum atomic E-state index is 12.1. The molecule has 3 heterocycles. The van der Waals surface area contributed by atoms with E-state index in [2.05, 4.69) is 41.6 Å². The molecule has 2 N–H and O–H groups in total. The summed E-state index contributed by atoms with van der Waals surface area (Å²) in [5, 5.41) is 6.19. The normalized spacial score (nSPS) is 28.4. The number of urea groups is 1. The van der Waals surface area contributed by atoms with Gasteiger partial charge in [-0.05, 0) is 51.3 Å². The average Bonchev–Trinajstić information content (AvgIpc) is 2.94. The van der Waals surface area contributed by atoms with E-state index in [-0.39, 0.29) is 6.03 Å². The molecule has 2 amide bonds. The highest BCUT2D eigenvalue weighted by molar-refractivity contribution is 7.11. The molecular formula is C17H27N3OS. The Bertz CT molecular complexity index is 502. The first kappa shape index (κ1) is 15.8. The van der Waals surface area contributed by atoms with Gasteiger partial charge in [-0.1, -0.05) is 13.3 Å². The molecule has 0 spiro atoms. The molecule has 0 aromatic carbocycles. The number of aryl methyl sites for hydroxylation is 1. The number of fused-ring (bicyclic) bond motifs is 2. The topological polar surface area (TPSA) is 44.4 Å². The fourth-order valence-electron chi connectivity index (χ4n) is 3.84. The van der Waals surface area contributed by atoms with Crippen molar-refractivity contribution in [2.24, 2.45) is 0 Å². The monoisotopic (exact) mass is 321 g/mol. The second kappa shape index (κ2) is 7.01. The number of hydrogen-bond donors (Lipinski definition) is 2. The van der Waals surface area contributed by atoms with E-state index in [4.69, 9.17) is 0 Å². The van der Waals surface area contributed by atoms with Gasteiger partial charge in [0.2, 0.25) is 0 Å². The first-order valence-corrected chi connectivity index (χ1v) is 9.31. The van der Waals surface area contributed by atoms with Crippen LogP contribution in [0.1, 0.15) is 48.8 Å². The van der Waals surface area contributed by atoms with Crippen molar-refractivity contribution in [3.63, 3.8) is 0 Å². The Morgan fingerprint density at radius 3 is 2.59 bits per heavy atom. The van der Waals surface area contributed by atoms with Gasteiger partial charge in [-0.25, -0.2) is 4.79 Å². The summed E-state index contributed by atoms with van der Waals surface area (Å²) in [6.07, 6.45) is 7.16. The minimum absolute atomic E-state index is 0.0147. The number of thiophene rings is 1. The smallest absolute Gasteiger partial charge is 0.315 e. The second-order valence-corrected chi connectivity index (χ2v) is 7.87. The van der Waals surface area contributed by atoms with Gasteiger partial charge in [-0.15, -0.1) is 11.3 Å². The number of carbonyl (C=O) groups is 1. The number of amides is 2. The molecule has 5 heteroatoms. The Hall–Kier alpha value is -1.07. The molecule has 0 aliphatic carbocycles. The van der Waals surface area contributed by atoms with Crippen molar-refractivity contribution in [1.82, 2.24) is 15.5 Å². The lowest BCUT2D eigenvalue weighted by molar-refractivity contribution is 0.0509. The lowest BCUT2D eigenvalue weighted by Gasteiger charge is -2.47. The Kier molecular flexibility index (Phi) is 5.03. The van der Waals surface area contributed by atoms with Gasteiger partial charge >= 0.3 is 6.03 Å². The Labute approximate surface area is 137 Å². The third kappa shape index (κ3) is 3.63. The number of nitrogens with zero attached hydrogens (tertiary/aromatic N) is 1. The predicted molar refractivity (Wildman–Crippen MR) is 91.3 cm³/mol. The zero-order valence-corrected chi connectivity index (χ0v) is 14.4. The van der Waals surface area contributed by atoms with E-state index in [0.29, 0.717) is 24.7 Å². The van der Waals surface area contributed by atoms with Gasteiger partial charge in [0.25, 0.3) is 0 Å². The Morgan fingerprint density at radius 2 is 1.95 bits per heavy atom. The minimum Gasteiger partial charge on any atom is -0.335 e. The van der Waals surface area contributed by atoms with Crippen LogP contribution in [0.3, 0.4) is 0 Å². The van der Waals surface area contributed by atoms with Crippen molar-refractivity contribution in [3.8, 4) is 0 Å². The van der Waals surface area contributed by atoms with Crippen molar-refractivity contribution in [1.29, 1.82) is 0 Å². The van der Waals surface area contributed by atoms with E-state index in [0.717, 1.165) is 19.3 Å². The van der Waals surface area contributed by atoms with Crippen molar-refractivity contribution < 1.29 is 4.79 Å². The molecule has 0 radical (unpaired) electrons. The van der Waals surface area contributed by atoms with Crippen molar-refractivity contribution in [2.75, 3.05) is 7.05 Å². The molecule has 22 heavy (non-hydrogen) atoms. The third-order valence-electron chi connectivity index (χ3n) is 5.16. The lowest BCUT2D eigenvalue weighted by Crippen LogP contribution is -2.56. The molecule has 0 saturated carbocycles. The summed E-state index contributed by atoms with van der Waals surface area (Å²) in [5.74, 6) is 0. The summed E-state index contributed by atoms with van der Waals surface area (Å²) in [6, 6.07) is 5.89. The SMILES string of the molecule is CCc1ccc(CNC(=O)NC2CC3CCCC(C2)N3C)s1. The molecule has 2 aliphatic rings. The van der Waals surface area contributed by atoms with Gasteiger partial charge in [0.15, 0.2) is 0 Å². The first-order valence-electron chi connectivity index (χ1n) is 8.49. The number of nitrogens with one attached hydrogen (secondary N) is 2. The van der Waals surface area contributed by atoms with Crippen molar-refractivity contribution in [3.05, 3.63) is 21.9 Å². The standard InChI is InChI=1S/C17H27N3OS/c1-3-15-7-8-16(22-15)11-18-17(21)19-12-9-13-5-4-6-14(10-12)20(13)2/h7-8,12-14H,3-6,9-11H2,1-2H3,(H2,18,19,21). The van der Waals surface area contributed by atoms with Gasteiger partial charge in [0.1, 0.15) is 0 Å². The lowest BCUT2D eigenvalue weighted by atomic mass is 9.82. The molecule has 1 aromatic heterocycles. The van der Waals surface area contributed by atoms with Crippen LogP contribution in [0, 0.1) is 0 Å². The molecule has 2 saturated heterocycles. The van der Waals surface area contributed by atoms with E-state index in [1.54, 1.807) is 11.3 Å². The highest BCUT2D eigenvalue weighted by Crippen LogP contribution is 2.32. The highest BCUT2D eigenvalue weighted by Gasteiger charge is 2.36. The molecule has 2 unspecified atom stereocenters. The van der Waals surface area contributed by atoms with Crippen LogP contribution in [-0.4, -0.2) is 36.1 Å². The van der Waals surface area contributed by atoms with Crippen LogP contribution in [0.4, 0.5) is 4.79 Å². The van der Waals surface area contributed by atoms with E-state index in [1.807, 2.05) is 0 Å². The number of rotatable bonds is 4. The minimum atomic E-state index is -0.0147. The zero-order chi connectivity index (χ0) is 15.5. The summed E-state index contributed by atoms with van der Waals surface area (Å²) in [4.78, 5) is 17.3. The zero-order valence-electron chi connectivity index (χ0n) is 13.6. The fraction of sp³-hybridized carbons (Fsp3) is 0.706. The molecule has 122 valence electrons.